The molecule has 130 valence electrons. The number of hydrogen-bond donors (Lipinski definition) is 3. The largest absolute Gasteiger partial charge is 0.373 e. The normalized spacial score (nSPS) is 21.4. The second-order valence-corrected chi connectivity index (χ2v) is 6.51. The highest BCUT2D eigenvalue weighted by atomic mass is 19.1. The first-order chi connectivity index (χ1) is 11.6. The molecule has 1 unspecified atom stereocenters. The number of nitrogens with zero attached hydrogens (tertiary/aromatic N) is 1. The summed E-state index contributed by atoms with van der Waals surface area (Å²) < 4.78 is 19.2. The minimum atomic E-state index is -0.210. The molecular weight excluding hydrogens is 307 g/mol. The van der Waals surface area contributed by atoms with Crippen LogP contribution in [0.2, 0.25) is 0 Å². The van der Waals surface area contributed by atoms with E-state index in [0.717, 1.165) is 61.4 Å². The number of H-pyrrole nitrogens is 1. The number of benzene rings is 1. The lowest BCUT2D eigenvalue weighted by molar-refractivity contribution is 0.0243. The maximum absolute atomic E-state index is 13.4. The van der Waals surface area contributed by atoms with Crippen molar-refractivity contribution in [3.63, 3.8) is 0 Å². The molecule has 5 nitrogen and oxygen atoms in total. The Morgan fingerprint density at radius 1 is 1.42 bits per heavy atom. The number of hydrogen-bond acceptors (Lipinski definition) is 2. The summed E-state index contributed by atoms with van der Waals surface area (Å²) in [7, 11) is 1.76. The second kappa shape index (κ2) is 7.21. The first-order valence-electron chi connectivity index (χ1n) is 8.44. The Kier molecular flexibility index (Phi) is 5.04. The van der Waals surface area contributed by atoms with Gasteiger partial charge in [0, 0.05) is 43.8 Å². The summed E-state index contributed by atoms with van der Waals surface area (Å²) in [5, 5.41) is 7.56. The van der Waals surface area contributed by atoms with Crippen molar-refractivity contribution in [3.05, 3.63) is 35.8 Å². The number of ether oxygens (including phenoxy) is 1. The van der Waals surface area contributed by atoms with Crippen LogP contribution in [0.3, 0.4) is 0 Å². The lowest BCUT2D eigenvalue weighted by atomic mass is 10.0. The van der Waals surface area contributed by atoms with Gasteiger partial charge in [-0.2, -0.15) is 0 Å². The molecular formula is C18H25FN4O. The van der Waals surface area contributed by atoms with Crippen LogP contribution in [0.25, 0.3) is 10.9 Å². The van der Waals surface area contributed by atoms with Crippen LogP contribution in [0.5, 0.6) is 0 Å². The van der Waals surface area contributed by atoms with Crippen molar-refractivity contribution in [1.29, 1.82) is 0 Å². The molecule has 3 rings (SSSR count). The molecule has 1 fully saturated rings. The Morgan fingerprint density at radius 3 is 3.04 bits per heavy atom. The summed E-state index contributed by atoms with van der Waals surface area (Å²) in [5.41, 5.74) is 1.95. The maximum Gasteiger partial charge on any atom is 0.191 e. The Balaban J connectivity index is 1.51. The van der Waals surface area contributed by atoms with Crippen molar-refractivity contribution in [2.75, 3.05) is 26.7 Å². The van der Waals surface area contributed by atoms with Gasteiger partial charge in [-0.15, -0.1) is 0 Å². The van der Waals surface area contributed by atoms with E-state index in [-0.39, 0.29) is 11.4 Å². The van der Waals surface area contributed by atoms with Gasteiger partial charge < -0.3 is 20.4 Å². The molecule has 0 aliphatic carbocycles. The minimum absolute atomic E-state index is 0.105. The fourth-order valence-electron chi connectivity index (χ4n) is 3.14. The SMILES string of the molecule is CN=C(NCCc1c[nH]c2ccc(F)cc12)NCC1(C)CCCO1. The van der Waals surface area contributed by atoms with E-state index in [2.05, 4.69) is 27.5 Å². The van der Waals surface area contributed by atoms with Gasteiger partial charge in [0.15, 0.2) is 5.96 Å². The highest BCUT2D eigenvalue weighted by Crippen LogP contribution is 2.23. The highest BCUT2D eigenvalue weighted by molar-refractivity contribution is 5.83. The first kappa shape index (κ1) is 16.8. The Bertz CT molecular complexity index is 719. The molecule has 6 heteroatoms. The number of aliphatic imine (C=N–C) groups is 1. The number of rotatable bonds is 5. The average molecular weight is 332 g/mol. The van der Waals surface area contributed by atoms with Crippen molar-refractivity contribution in [2.45, 2.75) is 31.8 Å². The van der Waals surface area contributed by atoms with Crippen LogP contribution in [-0.2, 0) is 11.2 Å². The molecule has 1 aromatic carbocycles. The van der Waals surface area contributed by atoms with Gasteiger partial charge in [0.05, 0.1) is 5.60 Å². The van der Waals surface area contributed by atoms with Crippen LogP contribution < -0.4 is 10.6 Å². The molecule has 1 aromatic heterocycles. The molecule has 0 spiro atoms. The fourth-order valence-corrected chi connectivity index (χ4v) is 3.14. The third-order valence-electron chi connectivity index (χ3n) is 4.57. The molecule has 2 aromatic rings. The molecule has 2 heterocycles. The van der Waals surface area contributed by atoms with Gasteiger partial charge in [-0.1, -0.05) is 0 Å². The van der Waals surface area contributed by atoms with Gasteiger partial charge in [0.25, 0.3) is 0 Å². The van der Waals surface area contributed by atoms with Gasteiger partial charge >= 0.3 is 0 Å². The van der Waals surface area contributed by atoms with E-state index in [4.69, 9.17) is 4.74 Å². The summed E-state index contributed by atoms with van der Waals surface area (Å²) >= 11 is 0. The van der Waals surface area contributed by atoms with E-state index in [9.17, 15) is 4.39 Å². The first-order valence-corrected chi connectivity index (χ1v) is 8.44. The molecule has 0 amide bonds. The number of nitrogens with one attached hydrogen (secondary N) is 3. The van der Waals surface area contributed by atoms with E-state index < -0.39 is 0 Å². The monoisotopic (exact) mass is 332 g/mol. The second-order valence-electron chi connectivity index (χ2n) is 6.51. The molecule has 1 aliphatic heterocycles. The summed E-state index contributed by atoms with van der Waals surface area (Å²) in [4.78, 5) is 7.42. The van der Waals surface area contributed by atoms with Crippen LogP contribution in [0.1, 0.15) is 25.3 Å². The van der Waals surface area contributed by atoms with Crippen molar-refractivity contribution in [3.8, 4) is 0 Å². The summed E-state index contributed by atoms with van der Waals surface area (Å²) in [5.74, 6) is 0.552. The van der Waals surface area contributed by atoms with Gasteiger partial charge in [0.2, 0.25) is 0 Å². The van der Waals surface area contributed by atoms with E-state index >= 15 is 0 Å². The van der Waals surface area contributed by atoms with E-state index in [1.165, 1.54) is 6.07 Å². The van der Waals surface area contributed by atoms with Gasteiger partial charge in [-0.25, -0.2) is 4.39 Å². The van der Waals surface area contributed by atoms with Crippen LogP contribution >= 0.6 is 0 Å². The van der Waals surface area contributed by atoms with E-state index in [1.807, 2.05) is 6.20 Å². The van der Waals surface area contributed by atoms with Gasteiger partial charge in [0.1, 0.15) is 5.82 Å². The zero-order valence-corrected chi connectivity index (χ0v) is 14.3. The molecule has 0 radical (unpaired) electrons. The topological polar surface area (TPSA) is 61.4 Å². The summed E-state index contributed by atoms with van der Waals surface area (Å²) in [6, 6.07) is 4.81. The summed E-state index contributed by atoms with van der Waals surface area (Å²) in [6.45, 7) is 4.42. The number of aromatic nitrogens is 1. The molecule has 0 bridgehead atoms. The fraction of sp³-hybridized carbons (Fsp3) is 0.500. The Hall–Kier alpha value is -2.08. The average Bonchev–Trinajstić information content (AvgIpc) is 3.17. The predicted molar refractivity (Wildman–Crippen MR) is 94.9 cm³/mol. The van der Waals surface area contributed by atoms with Crippen LogP contribution in [0.15, 0.2) is 29.4 Å². The Labute approximate surface area is 141 Å². The highest BCUT2D eigenvalue weighted by Gasteiger charge is 2.29. The van der Waals surface area contributed by atoms with E-state index in [0.29, 0.717) is 0 Å². The van der Waals surface area contributed by atoms with Crippen molar-refractivity contribution < 1.29 is 9.13 Å². The molecule has 1 atom stereocenters. The number of aromatic amines is 1. The smallest absolute Gasteiger partial charge is 0.191 e. The predicted octanol–water partition coefficient (Wildman–Crippen LogP) is 2.58. The van der Waals surface area contributed by atoms with Crippen LogP contribution in [-0.4, -0.2) is 43.3 Å². The van der Waals surface area contributed by atoms with Crippen molar-refractivity contribution in [1.82, 2.24) is 15.6 Å². The van der Waals surface area contributed by atoms with Crippen molar-refractivity contribution in [2.24, 2.45) is 4.99 Å². The Morgan fingerprint density at radius 2 is 2.29 bits per heavy atom. The third-order valence-corrected chi connectivity index (χ3v) is 4.57. The maximum atomic E-state index is 13.4. The van der Waals surface area contributed by atoms with Gasteiger partial charge in [-0.3, -0.25) is 4.99 Å². The number of fused-ring (bicyclic) bond motifs is 1. The van der Waals surface area contributed by atoms with Crippen LogP contribution in [0, 0.1) is 5.82 Å². The minimum Gasteiger partial charge on any atom is -0.373 e. The summed E-state index contributed by atoms with van der Waals surface area (Å²) in [6.07, 6.45) is 4.91. The van der Waals surface area contributed by atoms with E-state index in [1.54, 1.807) is 19.2 Å². The number of guanidine groups is 1. The molecule has 1 saturated heterocycles. The zero-order valence-electron chi connectivity index (χ0n) is 14.3. The molecule has 24 heavy (non-hydrogen) atoms. The molecule has 3 N–H and O–H groups in total. The van der Waals surface area contributed by atoms with Gasteiger partial charge in [-0.05, 0) is 49.9 Å². The number of halogens is 1. The molecule has 0 saturated carbocycles. The third kappa shape index (κ3) is 3.87. The lowest BCUT2D eigenvalue weighted by Crippen LogP contribution is -2.45. The lowest BCUT2D eigenvalue weighted by Gasteiger charge is -2.24. The standard InChI is InChI=1S/C18H25FN4O/c1-18(7-3-9-24-18)12-23-17(20-2)21-8-6-13-11-22-16-5-4-14(19)10-15(13)16/h4-5,10-11,22H,3,6-9,12H2,1-2H3,(H2,20,21,23). The zero-order chi connectivity index (χ0) is 17.0. The van der Waals surface area contributed by atoms with Crippen LogP contribution in [0.4, 0.5) is 4.39 Å². The quantitative estimate of drug-likeness (QED) is 0.582. The molecule has 1 aliphatic rings. The van der Waals surface area contributed by atoms with Crippen molar-refractivity contribution >= 4 is 16.9 Å².